The molecule has 1 unspecified atom stereocenters. The predicted molar refractivity (Wildman–Crippen MR) is 85.8 cm³/mol. The molecule has 2 aromatic rings. The maximum atomic E-state index is 14.5. The Kier molecular flexibility index (Phi) is 4.18. The lowest BCUT2D eigenvalue weighted by atomic mass is 10.1. The smallest absolute Gasteiger partial charge is 0.234 e. The van der Waals surface area contributed by atoms with Gasteiger partial charge in [-0.05, 0) is 25.1 Å². The van der Waals surface area contributed by atoms with Gasteiger partial charge in [0, 0.05) is 16.2 Å². The van der Waals surface area contributed by atoms with Crippen LogP contribution in [0.5, 0.6) is 0 Å². The average molecular weight is 349 g/mol. The normalized spacial score (nSPS) is 20.3. The number of halogens is 3. The predicted octanol–water partition coefficient (Wildman–Crippen LogP) is 3.82. The molecular weight excluding hydrogens is 336 g/mol. The minimum atomic E-state index is -0.896. The first-order valence-electron chi connectivity index (χ1n) is 7.16. The number of nitrogens with zero attached hydrogens (tertiary/aromatic N) is 5. The van der Waals surface area contributed by atoms with Gasteiger partial charge < -0.3 is 0 Å². The number of aromatic nitrogens is 2. The van der Waals surface area contributed by atoms with Crippen molar-refractivity contribution >= 4 is 17.9 Å². The highest BCUT2D eigenvalue weighted by molar-refractivity contribution is 6.32. The summed E-state index contributed by atoms with van der Waals surface area (Å²) in [6.07, 6.45) is 5.65. The molecule has 0 spiro atoms. The monoisotopic (exact) mass is 348 g/mol. The molecule has 0 amide bonds. The fourth-order valence-corrected chi connectivity index (χ4v) is 2.67. The molecule has 24 heavy (non-hydrogen) atoms. The number of nitriles is 1. The zero-order valence-corrected chi connectivity index (χ0v) is 13.5. The molecule has 2 heterocycles. The van der Waals surface area contributed by atoms with Crippen molar-refractivity contribution in [1.29, 1.82) is 5.26 Å². The third kappa shape index (κ3) is 2.94. The van der Waals surface area contributed by atoms with Crippen molar-refractivity contribution in [3.8, 4) is 17.3 Å². The highest BCUT2D eigenvalue weighted by atomic mass is 35.5. The molecule has 1 aromatic heterocycles. The van der Waals surface area contributed by atoms with Gasteiger partial charge in [0.15, 0.2) is 12.2 Å². The summed E-state index contributed by atoms with van der Waals surface area (Å²) in [6.45, 7) is 2.04. The van der Waals surface area contributed by atoms with E-state index in [0.717, 1.165) is 0 Å². The Bertz CT molecular complexity index is 846. The van der Waals surface area contributed by atoms with Crippen LogP contribution in [0.2, 0.25) is 5.02 Å². The van der Waals surface area contributed by atoms with Gasteiger partial charge in [-0.25, -0.2) is 9.38 Å². The topological polar surface area (TPSA) is 54.0 Å². The van der Waals surface area contributed by atoms with Crippen LogP contribution in [0, 0.1) is 17.1 Å². The Hall–Kier alpha value is -2.56. The first-order chi connectivity index (χ1) is 11.4. The number of hydrogen-bond donors (Lipinski definition) is 0. The maximum absolute atomic E-state index is 14.5. The van der Waals surface area contributed by atoms with E-state index in [1.54, 1.807) is 29.9 Å². The van der Waals surface area contributed by atoms with Crippen LogP contribution in [0.25, 0.3) is 11.3 Å². The first kappa shape index (κ1) is 16.3. The summed E-state index contributed by atoms with van der Waals surface area (Å²) in [6, 6.07) is 5.66. The lowest BCUT2D eigenvalue weighted by Gasteiger charge is -2.21. The lowest BCUT2D eigenvalue weighted by Crippen LogP contribution is -2.42. The van der Waals surface area contributed by atoms with Gasteiger partial charge in [-0.1, -0.05) is 16.3 Å². The minimum Gasteiger partial charge on any atom is -0.266 e. The Morgan fingerprint density at radius 2 is 2.25 bits per heavy atom. The van der Waals surface area contributed by atoms with Crippen LogP contribution in [0.4, 0.5) is 8.87 Å². The Balaban J connectivity index is 1.83. The van der Waals surface area contributed by atoms with E-state index >= 15 is 0 Å². The third-order valence-electron chi connectivity index (χ3n) is 3.84. The molecule has 0 fully saturated rings. The van der Waals surface area contributed by atoms with Gasteiger partial charge in [0.1, 0.15) is 17.4 Å². The summed E-state index contributed by atoms with van der Waals surface area (Å²) in [5.74, 6) is -0.699. The molecule has 122 valence electrons. The molecule has 0 radical (unpaired) electrons. The van der Waals surface area contributed by atoms with E-state index < -0.39 is 16.6 Å². The van der Waals surface area contributed by atoms with Crippen LogP contribution in [0.3, 0.4) is 0 Å². The number of quaternary nitrogens is 1. The molecule has 0 aliphatic carbocycles. The molecule has 5 nitrogen and oxygen atoms in total. The molecule has 2 atom stereocenters. The number of aliphatic imine (C=N–C) groups is 1. The van der Waals surface area contributed by atoms with Crippen molar-refractivity contribution in [3.05, 3.63) is 53.2 Å². The van der Waals surface area contributed by atoms with Crippen molar-refractivity contribution < 1.29 is 13.6 Å². The number of benzene rings is 1. The van der Waals surface area contributed by atoms with Crippen LogP contribution >= 0.6 is 11.6 Å². The summed E-state index contributed by atoms with van der Waals surface area (Å²) >= 11 is 5.91. The molecule has 0 saturated carbocycles. The van der Waals surface area contributed by atoms with Crippen LogP contribution < -0.4 is 0 Å². The van der Waals surface area contributed by atoms with Gasteiger partial charge in [0.05, 0.1) is 23.5 Å². The Morgan fingerprint density at radius 1 is 1.46 bits per heavy atom. The van der Waals surface area contributed by atoms with Gasteiger partial charge >= 0.3 is 0 Å². The summed E-state index contributed by atoms with van der Waals surface area (Å²) in [5, 5.41) is 13.2. The summed E-state index contributed by atoms with van der Waals surface area (Å²) in [7, 11) is 0. The van der Waals surface area contributed by atoms with E-state index in [2.05, 4.69) is 10.1 Å². The van der Waals surface area contributed by atoms with E-state index in [1.807, 2.05) is 0 Å². The van der Waals surface area contributed by atoms with Crippen molar-refractivity contribution in [2.75, 3.05) is 0 Å². The van der Waals surface area contributed by atoms with Crippen LogP contribution in [0.1, 0.15) is 12.5 Å². The fourth-order valence-electron chi connectivity index (χ4n) is 2.42. The molecule has 1 aliphatic heterocycles. The van der Waals surface area contributed by atoms with Gasteiger partial charge in [0.25, 0.3) is 0 Å². The van der Waals surface area contributed by atoms with E-state index in [1.165, 1.54) is 30.9 Å². The van der Waals surface area contributed by atoms with E-state index in [9.17, 15) is 8.87 Å². The summed E-state index contributed by atoms with van der Waals surface area (Å²) in [4.78, 5) is 3.77. The standard InChI is InChI=1S/C16H13ClF2N5/c1-11(24(19)5-3-21-10-24)9-23-4-2-16(22-23)12-6-14(17)13(8-20)15(18)7-12/h2-7,10-11H,9H2,1H3/q+1/t11?,24-/m0/s1. The fraction of sp³-hybridized carbons (Fsp3) is 0.188. The van der Waals surface area contributed by atoms with Gasteiger partial charge in [0.2, 0.25) is 6.34 Å². The first-order valence-corrected chi connectivity index (χ1v) is 7.53. The second-order valence-corrected chi connectivity index (χ2v) is 5.91. The van der Waals surface area contributed by atoms with Crippen LogP contribution in [-0.2, 0) is 6.54 Å². The zero-order valence-electron chi connectivity index (χ0n) is 12.7. The molecule has 1 aliphatic rings. The van der Waals surface area contributed by atoms with Gasteiger partial charge in [-0.2, -0.15) is 10.4 Å². The van der Waals surface area contributed by atoms with Crippen molar-refractivity contribution in [2.45, 2.75) is 19.5 Å². The SMILES string of the molecule is CC(Cn1ccc(-c2cc(F)c(C#N)c(Cl)c2)n1)[N@+]1(F)C=CN=C1. The third-order valence-corrected chi connectivity index (χ3v) is 4.14. The second-order valence-electron chi connectivity index (χ2n) is 5.50. The maximum Gasteiger partial charge on any atom is 0.234 e. The molecule has 8 heteroatoms. The molecule has 0 saturated heterocycles. The van der Waals surface area contributed by atoms with Gasteiger partial charge in [-0.3, -0.25) is 4.68 Å². The molecule has 3 rings (SSSR count). The number of hydrogen-bond acceptors (Lipinski definition) is 3. The van der Waals surface area contributed by atoms with E-state index in [0.29, 0.717) is 17.8 Å². The van der Waals surface area contributed by atoms with Crippen molar-refractivity contribution in [3.63, 3.8) is 0 Å². The largest absolute Gasteiger partial charge is 0.266 e. The zero-order chi connectivity index (χ0) is 17.3. The lowest BCUT2D eigenvalue weighted by molar-refractivity contribution is -0.950. The molecule has 0 N–H and O–H groups in total. The van der Waals surface area contributed by atoms with E-state index in [4.69, 9.17) is 16.9 Å². The Morgan fingerprint density at radius 3 is 2.88 bits per heavy atom. The summed E-state index contributed by atoms with van der Waals surface area (Å²) in [5.41, 5.74) is 0.746. The minimum absolute atomic E-state index is 0.0297. The Labute approximate surface area is 142 Å². The summed E-state index contributed by atoms with van der Waals surface area (Å²) < 4.78 is 29.0. The van der Waals surface area contributed by atoms with Gasteiger partial charge in [-0.15, -0.1) is 0 Å². The van der Waals surface area contributed by atoms with Crippen molar-refractivity contribution in [2.24, 2.45) is 4.99 Å². The molecule has 0 bridgehead atoms. The average Bonchev–Trinajstić information content (AvgIpc) is 3.17. The van der Waals surface area contributed by atoms with Crippen LogP contribution in [-0.4, -0.2) is 26.9 Å². The quantitative estimate of drug-likeness (QED) is 0.789. The molecule has 1 aromatic carbocycles. The van der Waals surface area contributed by atoms with E-state index in [-0.39, 0.29) is 10.6 Å². The molecular formula is C16H13ClF2N5+. The number of rotatable bonds is 4. The van der Waals surface area contributed by atoms with Crippen LogP contribution in [0.15, 0.2) is 41.8 Å². The van der Waals surface area contributed by atoms with Crippen molar-refractivity contribution in [1.82, 2.24) is 9.78 Å². The second kappa shape index (κ2) is 6.15. The highest BCUT2D eigenvalue weighted by Crippen LogP contribution is 2.27. The highest BCUT2D eigenvalue weighted by Gasteiger charge is 2.35.